The lowest BCUT2D eigenvalue weighted by Crippen LogP contribution is -2.36. The van der Waals surface area contributed by atoms with Crippen molar-refractivity contribution in [3.8, 4) is 5.75 Å². The van der Waals surface area contributed by atoms with Gasteiger partial charge in [0.05, 0.1) is 24.5 Å². The Labute approximate surface area is 143 Å². The Hall–Kier alpha value is -1.85. The quantitative estimate of drug-likeness (QED) is 0.780. The molecule has 0 unspecified atom stereocenters. The van der Waals surface area contributed by atoms with Gasteiger partial charge >= 0.3 is 0 Å². The van der Waals surface area contributed by atoms with Crippen molar-refractivity contribution in [1.29, 1.82) is 0 Å². The lowest BCUT2D eigenvalue weighted by Gasteiger charge is -2.26. The van der Waals surface area contributed by atoms with E-state index in [-0.39, 0.29) is 0 Å². The van der Waals surface area contributed by atoms with Gasteiger partial charge in [-0.05, 0) is 44.9 Å². The maximum atomic E-state index is 6.05. The van der Waals surface area contributed by atoms with Crippen LogP contribution in [0, 0.1) is 13.8 Å². The summed E-state index contributed by atoms with van der Waals surface area (Å²) in [6.07, 6.45) is 2.15. The number of aromatic nitrogens is 1. The highest BCUT2D eigenvalue weighted by Crippen LogP contribution is 2.22. The molecule has 24 heavy (non-hydrogen) atoms. The Morgan fingerprint density at radius 3 is 2.71 bits per heavy atom. The second kappa shape index (κ2) is 8.31. The van der Waals surface area contributed by atoms with Crippen LogP contribution in [0.1, 0.15) is 29.0 Å². The molecule has 1 aliphatic rings. The molecule has 2 aromatic rings. The van der Waals surface area contributed by atoms with Crippen LogP contribution in [0.2, 0.25) is 0 Å². The molecule has 0 aliphatic carbocycles. The summed E-state index contributed by atoms with van der Waals surface area (Å²) in [5.41, 5.74) is 3.20. The van der Waals surface area contributed by atoms with Crippen molar-refractivity contribution in [2.24, 2.45) is 0 Å². The lowest BCUT2D eigenvalue weighted by molar-refractivity contribution is 0.0374. The van der Waals surface area contributed by atoms with E-state index in [4.69, 9.17) is 14.0 Å². The van der Waals surface area contributed by atoms with E-state index in [0.717, 1.165) is 68.5 Å². The van der Waals surface area contributed by atoms with E-state index in [1.54, 1.807) is 0 Å². The number of aryl methyl sites for hydroxylation is 3. The highest BCUT2D eigenvalue weighted by atomic mass is 16.5. The monoisotopic (exact) mass is 330 g/mol. The van der Waals surface area contributed by atoms with Crippen molar-refractivity contribution in [1.82, 2.24) is 10.1 Å². The fraction of sp³-hybridized carbons (Fsp3) is 0.526. The summed E-state index contributed by atoms with van der Waals surface area (Å²) >= 11 is 0. The Kier molecular flexibility index (Phi) is 5.88. The summed E-state index contributed by atoms with van der Waals surface area (Å²) in [6, 6.07) is 8.30. The predicted molar refractivity (Wildman–Crippen MR) is 92.3 cm³/mol. The molecule has 5 nitrogen and oxygen atoms in total. The van der Waals surface area contributed by atoms with Crippen molar-refractivity contribution in [2.45, 2.75) is 33.3 Å². The molecule has 0 spiro atoms. The summed E-state index contributed by atoms with van der Waals surface area (Å²) in [6.45, 7) is 9.29. The van der Waals surface area contributed by atoms with Crippen LogP contribution in [0.4, 0.5) is 0 Å². The zero-order chi connectivity index (χ0) is 16.8. The molecule has 0 atom stereocenters. The standard InChI is InChI=1S/C19H26N2O3/c1-15-18(16(2)24-20-15)14-23-19-8-4-3-6-17(19)7-5-9-21-10-12-22-13-11-21/h3-4,6,8H,5,7,9-14H2,1-2H3. The number of ether oxygens (including phenoxy) is 2. The van der Waals surface area contributed by atoms with E-state index in [0.29, 0.717) is 6.61 Å². The van der Waals surface area contributed by atoms with Gasteiger partial charge in [-0.15, -0.1) is 0 Å². The fourth-order valence-electron chi connectivity index (χ4n) is 3.03. The predicted octanol–water partition coefficient (Wildman–Crippen LogP) is 3.14. The third kappa shape index (κ3) is 4.36. The number of hydrogen-bond acceptors (Lipinski definition) is 5. The summed E-state index contributed by atoms with van der Waals surface area (Å²) in [4.78, 5) is 2.47. The number of rotatable bonds is 7. The molecule has 1 saturated heterocycles. The van der Waals surface area contributed by atoms with Crippen LogP contribution >= 0.6 is 0 Å². The first-order valence-corrected chi connectivity index (χ1v) is 8.66. The average molecular weight is 330 g/mol. The van der Waals surface area contributed by atoms with Crippen LogP contribution < -0.4 is 4.74 Å². The Morgan fingerprint density at radius 2 is 1.96 bits per heavy atom. The number of nitrogens with zero attached hydrogens (tertiary/aromatic N) is 2. The minimum Gasteiger partial charge on any atom is -0.488 e. The molecule has 1 aromatic heterocycles. The summed E-state index contributed by atoms with van der Waals surface area (Å²) in [5, 5.41) is 3.98. The van der Waals surface area contributed by atoms with Gasteiger partial charge in [0.2, 0.25) is 0 Å². The first-order valence-electron chi connectivity index (χ1n) is 8.66. The molecule has 3 rings (SSSR count). The van der Waals surface area contributed by atoms with E-state index >= 15 is 0 Å². The van der Waals surface area contributed by atoms with E-state index in [2.05, 4.69) is 22.2 Å². The van der Waals surface area contributed by atoms with Crippen molar-refractivity contribution in [2.75, 3.05) is 32.8 Å². The van der Waals surface area contributed by atoms with Crippen molar-refractivity contribution in [3.05, 3.63) is 46.8 Å². The van der Waals surface area contributed by atoms with Crippen molar-refractivity contribution < 1.29 is 14.0 Å². The minimum atomic E-state index is 0.502. The Morgan fingerprint density at radius 1 is 1.17 bits per heavy atom. The molecule has 130 valence electrons. The fourth-order valence-corrected chi connectivity index (χ4v) is 3.03. The molecule has 5 heteroatoms. The molecule has 1 aromatic carbocycles. The third-order valence-electron chi connectivity index (χ3n) is 4.55. The van der Waals surface area contributed by atoms with Crippen LogP contribution in [0.15, 0.2) is 28.8 Å². The SMILES string of the molecule is Cc1noc(C)c1COc1ccccc1CCCN1CCOCC1. The van der Waals surface area contributed by atoms with Crippen LogP contribution in [0.5, 0.6) is 5.75 Å². The van der Waals surface area contributed by atoms with E-state index in [9.17, 15) is 0 Å². The maximum absolute atomic E-state index is 6.05. The molecular formula is C19H26N2O3. The van der Waals surface area contributed by atoms with Crippen LogP contribution in [-0.2, 0) is 17.8 Å². The topological polar surface area (TPSA) is 47.7 Å². The van der Waals surface area contributed by atoms with E-state index in [1.807, 2.05) is 26.0 Å². The zero-order valence-corrected chi connectivity index (χ0v) is 14.6. The number of hydrogen-bond donors (Lipinski definition) is 0. The average Bonchev–Trinajstić information content (AvgIpc) is 2.93. The first-order chi connectivity index (χ1) is 11.7. The molecule has 1 fully saturated rings. The lowest BCUT2D eigenvalue weighted by atomic mass is 10.1. The second-order valence-corrected chi connectivity index (χ2v) is 6.26. The summed E-state index contributed by atoms with van der Waals surface area (Å²) in [5.74, 6) is 1.79. The van der Waals surface area contributed by atoms with Gasteiger partial charge in [-0.25, -0.2) is 0 Å². The molecule has 0 bridgehead atoms. The highest BCUT2D eigenvalue weighted by Gasteiger charge is 2.12. The molecule has 0 N–H and O–H groups in total. The van der Waals surface area contributed by atoms with Crippen LogP contribution in [0.3, 0.4) is 0 Å². The third-order valence-corrected chi connectivity index (χ3v) is 4.55. The molecule has 0 radical (unpaired) electrons. The number of benzene rings is 1. The summed E-state index contributed by atoms with van der Waals surface area (Å²) < 4.78 is 16.6. The number of morpholine rings is 1. The number of para-hydroxylation sites is 1. The van der Waals surface area contributed by atoms with Crippen molar-refractivity contribution >= 4 is 0 Å². The van der Waals surface area contributed by atoms with Gasteiger partial charge in [-0.1, -0.05) is 23.4 Å². The largest absolute Gasteiger partial charge is 0.488 e. The molecule has 0 saturated carbocycles. The van der Waals surface area contributed by atoms with Gasteiger partial charge in [0.1, 0.15) is 18.1 Å². The van der Waals surface area contributed by atoms with Gasteiger partial charge in [0.25, 0.3) is 0 Å². The first kappa shape index (κ1) is 17.0. The van der Waals surface area contributed by atoms with Gasteiger partial charge in [-0.2, -0.15) is 0 Å². The summed E-state index contributed by atoms with van der Waals surface area (Å²) in [7, 11) is 0. The maximum Gasteiger partial charge on any atom is 0.140 e. The highest BCUT2D eigenvalue weighted by molar-refractivity contribution is 5.34. The van der Waals surface area contributed by atoms with Crippen LogP contribution in [-0.4, -0.2) is 42.9 Å². The van der Waals surface area contributed by atoms with E-state index < -0.39 is 0 Å². The molecule has 2 heterocycles. The van der Waals surface area contributed by atoms with Gasteiger partial charge < -0.3 is 14.0 Å². The van der Waals surface area contributed by atoms with Crippen molar-refractivity contribution in [3.63, 3.8) is 0 Å². The van der Waals surface area contributed by atoms with Crippen LogP contribution in [0.25, 0.3) is 0 Å². The molecule has 1 aliphatic heterocycles. The Balaban J connectivity index is 1.54. The Bertz CT molecular complexity index is 628. The zero-order valence-electron chi connectivity index (χ0n) is 14.6. The second-order valence-electron chi connectivity index (χ2n) is 6.26. The van der Waals surface area contributed by atoms with Gasteiger partial charge in [0, 0.05) is 13.1 Å². The minimum absolute atomic E-state index is 0.502. The van der Waals surface area contributed by atoms with E-state index in [1.165, 1.54) is 5.56 Å². The molecule has 0 amide bonds. The van der Waals surface area contributed by atoms with Gasteiger partial charge in [0.15, 0.2) is 0 Å². The normalized spacial score (nSPS) is 15.6. The van der Waals surface area contributed by atoms with Gasteiger partial charge in [-0.3, -0.25) is 4.90 Å². The molecular weight excluding hydrogens is 304 g/mol. The smallest absolute Gasteiger partial charge is 0.140 e.